The second-order valence-electron chi connectivity index (χ2n) is 8.37. The molecule has 2 saturated heterocycles. The molecular formula is C23H27F3N2O4S. The quantitative estimate of drug-likeness (QED) is 0.666. The van der Waals surface area contributed by atoms with Crippen LogP contribution in [0.2, 0.25) is 0 Å². The molecule has 10 heteroatoms. The molecule has 0 bridgehead atoms. The molecule has 33 heavy (non-hydrogen) atoms. The number of amides is 1. The number of ether oxygens (including phenoxy) is 1. The Hall–Kier alpha value is -2.43. The number of halogens is 3. The number of para-hydroxylation sites is 1. The minimum absolute atomic E-state index is 0.0210. The van der Waals surface area contributed by atoms with Crippen molar-refractivity contribution < 1.29 is 32.6 Å². The number of thiophene rings is 1. The van der Waals surface area contributed by atoms with E-state index in [2.05, 4.69) is 29.3 Å². The second kappa shape index (κ2) is 10.7. The first-order valence-electron chi connectivity index (χ1n) is 10.6. The van der Waals surface area contributed by atoms with Gasteiger partial charge in [-0.1, -0.05) is 18.2 Å². The van der Waals surface area contributed by atoms with Crippen LogP contribution in [0.5, 0.6) is 0 Å². The average Bonchev–Trinajstić information content (AvgIpc) is 3.32. The van der Waals surface area contributed by atoms with Crippen molar-refractivity contribution in [3.8, 4) is 0 Å². The van der Waals surface area contributed by atoms with Gasteiger partial charge in [-0.05, 0) is 44.0 Å². The van der Waals surface area contributed by atoms with Gasteiger partial charge in [-0.3, -0.25) is 9.69 Å². The maximum Gasteiger partial charge on any atom is 0.490 e. The zero-order valence-electron chi connectivity index (χ0n) is 18.2. The number of hydrogen-bond donors (Lipinski definition) is 2. The van der Waals surface area contributed by atoms with Crippen LogP contribution in [0.25, 0.3) is 0 Å². The van der Waals surface area contributed by atoms with Crippen LogP contribution in [-0.4, -0.2) is 54.4 Å². The van der Waals surface area contributed by atoms with Crippen molar-refractivity contribution in [3.05, 3.63) is 52.2 Å². The van der Waals surface area contributed by atoms with Crippen molar-refractivity contribution in [2.24, 2.45) is 11.3 Å². The number of benzene rings is 1. The van der Waals surface area contributed by atoms with Gasteiger partial charge in [0.1, 0.15) is 0 Å². The zero-order valence-corrected chi connectivity index (χ0v) is 19.0. The van der Waals surface area contributed by atoms with Crippen LogP contribution in [0.15, 0.2) is 42.5 Å². The maximum absolute atomic E-state index is 13.1. The molecule has 180 valence electrons. The van der Waals surface area contributed by atoms with E-state index in [0.29, 0.717) is 0 Å². The van der Waals surface area contributed by atoms with Gasteiger partial charge in [0.05, 0.1) is 5.92 Å². The van der Waals surface area contributed by atoms with Crippen molar-refractivity contribution in [1.82, 2.24) is 4.90 Å². The number of hydrogen-bond acceptors (Lipinski definition) is 5. The summed E-state index contributed by atoms with van der Waals surface area (Å²) in [4.78, 5) is 27.2. The fraction of sp³-hybridized carbons (Fsp3) is 0.478. The molecule has 2 aliphatic heterocycles. The normalized spacial score (nSPS) is 20.2. The number of rotatable bonds is 4. The van der Waals surface area contributed by atoms with Gasteiger partial charge in [0.15, 0.2) is 0 Å². The Bertz CT molecular complexity index is 943. The lowest BCUT2D eigenvalue weighted by molar-refractivity contribution is -0.192. The van der Waals surface area contributed by atoms with E-state index >= 15 is 0 Å². The molecule has 1 unspecified atom stereocenters. The minimum atomic E-state index is -5.08. The number of likely N-dealkylation sites (tertiary alicyclic amines) is 1. The standard InChI is InChI=1S/C21H26N2O2S.C2HF3O2/c1-16-7-8-18(26-16)13-23-14-19(21(15-23)9-11-25-12-10-21)20(24)22-17-5-3-2-4-6-17;3-2(4,5)1(6)7/h2-8,19H,9-15H2,1H3,(H,22,24);(H,6,7). The van der Waals surface area contributed by atoms with E-state index in [4.69, 9.17) is 14.6 Å². The molecule has 2 aromatic rings. The number of carboxylic acids is 1. The number of carbonyl (C=O) groups is 2. The molecule has 6 nitrogen and oxygen atoms in total. The van der Waals surface area contributed by atoms with Crippen molar-refractivity contribution in [2.45, 2.75) is 32.5 Å². The third-order valence-electron chi connectivity index (χ3n) is 5.98. The van der Waals surface area contributed by atoms with E-state index in [1.165, 1.54) is 9.75 Å². The highest BCUT2D eigenvalue weighted by atomic mass is 32.1. The van der Waals surface area contributed by atoms with Gasteiger partial charge in [0.25, 0.3) is 0 Å². The summed E-state index contributed by atoms with van der Waals surface area (Å²) in [5.41, 5.74) is 0.927. The Morgan fingerprint density at radius 3 is 2.36 bits per heavy atom. The number of nitrogens with one attached hydrogen (secondary N) is 1. The lowest BCUT2D eigenvalue weighted by atomic mass is 9.71. The largest absolute Gasteiger partial charge is 0.490 e. The summed E-state index contributed by atoms with van der Waals surface area (Å²) in [7, 11) is 0. The molecule has 4 rings (SSSR count). The predicted octanol–water partition coefficient (Wildman–Crippen LogP) is 4.56. The zero-order chi connectivity index (χ0) is 24.1. The van der Waals surface area contributed by atoms with Gasteiger partial charge < -0.3 is 15.2 Å². The van der Waals surface area contributed by atoms with Crippen LogP contribution in [0.3, 0.4) is 0 Å². The van der Waals surface area contributed by atoms with E-state index in [1.807, 2.05) is 41.7 Å². The Balaban J connectivity index is 0.000000383. The fourth-order valence-electron chi connectivity index (χ4n) is 4.38. The Morgan fingerprint density at radius 1 is 1.18 bits per heavy atom. The van der Waals surface area contributed by atoms with Crippen molar-refractivity contribution in [2.75, 3.05) is 31.6 Å². The summed E-state index contributed by atoms with van der Waals surface area (Å²) in [6.07, 6.45) is -3.14. The molecule has 2 aliphatic rings. The number of alkyl halides is 3. The molecule has 1 aromatic carbocycles. The van der Waals surface area contributed by atoms with Crippen LogP contribution in [0, 0.1) is 18.3 Å². The highest BCUT2D eigenvalue weighted by Gasteiger charge is 2.50. The molecule has 1 atom stereocenters. The molecule has 0 radical (unpaired) electrons. The number of anilines is 1. The monoisotopic (exact) mass is 484 g/mol. The number of aliphatic carboxylic acids is 1. The molecule has 1 aromatic heterocycles. The van der Waals surface area contributed by atoms with Gasteiger partial charge in [0, 0.05) is 53.7 Å². The van der Waals surface area contributed by atoms with Crippen LogP contribution in [0.4, 0.5) is 18.9 Å². The summed E-state index contributed by atoms with van der Waals surface area (Å²) in [6.45, 7) is 6.43. The van der Waals surface area contributed by atoms with Crippen LogP contribution in [0.1, 0.15) is 22.6 Å². The van der Waals surface area contributed by atoms with Gasteiger partial charge in [-0.25, -0.2) is 4.79 Å². The van der Waals surface area contributed by atoms with Gasteiger partial charge in [-0.15, -0.1) is 11.3 Å². The lowest BCUT2D eigenvalue weighted by Crippen LogP contribution is -2.42. The van der Waals surface area contributed by atoms with E-state index < -0.39 is 12.1 Å². The molecule has 1 spiro atoms. The molecule has 2 N–H and O–H groups in total. The maximum atomic E-state index is 13.1. The van der Waals surface area contributed by atoms with Crippen molar-refractivity contribution in [3.63, 3.8) is 0 Å². The molecule has 0 aliphatic carbocycles. The van der Waals surface area contributed by atoms with E-state index in [-0.39, 0.29) is 17.2 Å². The predicted molar refractivity (Wildman–Crippen MR) is 119 cm³/mol. The molecule has 2 fully saturated rings. The molecule has 1 amide bonds. The first-order valence-corrected chi connectivity index (χ1v) is 11.4. The number of aryl methyl sites for hydroxylation is 1. The highest BCUT2D eigenvalue weighted by Crippen LogP contribution is 2.45. The molecular weight excluding hydrogens is 457 g/mol. The Labute approximate surface area is 194 Å². The Kier molecular flexibility index (Phi) is 8.14. The fourth-order valence-corrected chi connectivity index (χ4v) is 5.31. The summed E-state index contributed by atoms with van der Waals surface area (Å²) in [5.74, 6) is -2.58. The van der Waals surface area contributed by atoms with Gasteiger partial charge in [-0.2, -0.15) is 13.2 Å². The van der Waals surface area contributed by atoms with Crippen LogP contribution in [-0.2, 0) is 20.9 Å². The van der Waals surface area contributed by atoms with Crippen LogP contribution < -0.4 is 5.32 Å². The first-order chi connectivity index (χ1) is 15.6. The third kappa shape index (κ3) is 6.78. The van der Waals surface area contributed by atoms with E-state index in [1.54, 1.807) is 0 Å². The minimum Gasteiger partial charge on any atom is -0.475 e. The molecule has 0 saturated carbocycles. The summed E-state index contributed by atoms with van der Waals surface area (Å²) in [6, 6.07) is 14.2. The second-order valence-corrected chi connectivity index (χ2v) is 9.74. The summed E-state index contributed by atoms with van der Waals surface area (Å²) < 4.78 is 37.3. The van der Waals surface area contributed by atoms with Gasteiger partial charge >= 0.3 is 12.1 Å². The smallest absolute Gasteiger partial charge is 0.475 e. The average molecular weight is 485 g/mol. The summed E-state index contributed by atoms with van der Waals surface area (Å²) in [5, 5.41) is 10.3. The summed E-state index contributed by atoms with van der Waals surface area (Å²) >= 11 is 1.86. The van der Waals surface area contributed by atoms with E-state index in [0.717, 1.165) is 51.4 Å². The topological polar surface area (TPSA) is 78.9 Å². The SMILES string of the molecule is Cc1ccc(CN2CC(C(=O)Nc3ccccc3)C3(CCOCC3)C2)s1.O=C(O)C(F)(F)F. The number of carbonyl (C=O) groups excluding carboxylic acids is 1. The van der Waals surface area contributed by atoms with Gasteiger partial charge in [0.2, 0.25) is 5.91 Å². The highest BCUT2D eigenvalue weighted by molar-refractivity contribution is 7.11. The first kappa shape index (κ1) is 25.2. The van der Waals surface area contributed by atoms with Crippen molar-refractivity contribution in [1.29, 1.82) is 0 Å². The van der Waals surface area contributed by atoms with E-state index in [9.17, 15) is 18.0 Å². The third-order valence-corrected chi connectivity index (χ3v) is 6.97. The number of nitrogens with zero attached hydrogens (tertiary/aromatic N) is 1. The number of carboxylic acid groups (broad SMARTS) is 1. The van der Waals surface area contributed by atoms with Crippen LogP contribution >= 0.6 is 11.3 Å². The molecule has 3 heterocycles. The Morgan fingerprint density at radius 2 is 1.82 bits per heavy atom. The lowest BCUT2D eigenvalue weighted by Gasteiger charge is -2.37. The van der Waals surface area contributed by atoms with Crippen molar-refractivity contribution >= 4 is 28.9 Å².